The number of rotatable bonds is 1. The van der Waals surface area contributed by atoms with Gasteiger partial charge in [-0.25, -0.2) is 6.42 Å². The third-order valence-corrected chi connectivity index (χ3v) is 1.42. The van der Waals surface area contributed by atoms with Crippen LogP contribution in [-0.2, 0) is 21.1 Å². The monoisotopic (exact) mass is 305 g/mol. The Bertz CT molecular complexity index is 138. The normalized spacial score (nSPS) is 18.3. The molecule has 0 radical (unpaired) electrons. The second kappa shape index (κ2) is 5.85. The summed E-state index contributed by atoms with van der Waals surface area (Å²) in [5, 5.41) is 0. The van der Waals surface area contributed by atoms with Crippen molar-refractivity contribution in [2.45, 2.75) is 32.6 Å². The fraction of sp³-hybridized carbons (Fsp3) is 0.625. The molecule has 0 aromatic heterocycles. The van der Waals surface area contributed by atoms with Crippen LogP contribution in [0.25, 0.3) is 0 Å². The molecule has 0 heterocycles. The van der Waals surface area contributed by atoms with Crippen LogP contribution in [0.5, 0.6) is 0 Å². The van der Waals surface area contributed by atoms with Crippen LogP contribution in [0.1, 0.15) is 32.6 Å². The Morgan fingerprint density at radius 2 is 2.30 bits per heavy atom. The van der Waals surface area contributed by atoms with Gasteiger partial charge in [-0.2, -0.15) is 6.21 Å². The molecular weight excluding hydrogens is 294 g/mol. The van der Waals surface area contributed by atoms with Gasteiger partial charge in [0.25, 0.3) is 0 Å². The Morgan fingerprint density at radius 1 is 1.50 bits per heavy atom. The van der Waals surface area contributed by atoms with Gasteiger partial charge in [0.2, 0.25) is 0 Å². The summed E-state index contributed by atoms with van der Waals surface area (Å²) in [6, 6.07) is 0. The van der Waals surface area contributed by atoms with E-state index in [1.165, 1.54) is 12.8 Å². The number of hydrogen-bond acceptors (Lipinski definition) is 1. The molecule has 0 aliphatic heterocycles. The molecular formula is C8H11NW. The van der Waals surface area contributed by atoms with E-state index in [9.17, 15) is 0 Å². The zero-order chi connectivity index (χ0) is 6.53. The average Bonchev–Trinajstić information content (AvgIpc) is 1.91. The Labute approximate surface area is 76.9 Å². The molecule has 54 valence electrons. The fourth-order valence-corrected chi connectivity index (χ4v) is 0.969. The average molecular weight is 305 g/mol. The van der Waals surface area contributed by atoms with Crippen molar-refractivity contribution in [3.05, 3.63) is 11.8 Å². The van der Waals surface area contributed by atoms with E-state index in [1.807, 2.05) is 6.92 Å². The van der Waals surface area contributed by atoms with Gasteiger partial charge in [-0.3, -0.25) is 0 Å². The number of nitrogens with zero attached hydrogens (tertiary/aromatic N) is 1. The van der Waals surface area contributed by atoms with Gasteiger partial charge in [-0.15, -0.1) is 13.3 Å². The van der Waals surface area contributed by atoms with Crippen molar-refractivity contribution < 1.29 is 21.1 Å². The maximum absolute atomic E-state index is 4.04. The Morgan fingerprint density at radius 3 is 2.80 bits per heavy atom. The smallest absolute Gasteiger partial charge is 0.580 e. The molecule has 0 spiro atoms. The van der Waals surface area contributed by atoms with Crippen LogP contribution >= 0.6 is 0 Å². The van der Waals surface area contributed by atoms with Crippen molar-refractivity contribution in [2.75, 3.05) is 0 Å². The maximum atomic E-state index is 4.04. The predicted molar refractivity (Wildman–Crippen MR) is 38.3 cm³/mol. The first-order valence-electron chi connectivity index (χ1n) is 3.40. The zero-order valence-corrected chi connectivity index (χ0v) is 9.12. The summed E-state index contributed by atoms with van der Waals surface area (Å²) in [4.78, 5) is 4.04. The summed E-state index contributed by atoms with van der Waals surface area (Å²) >= 11 is 0. The molecule has 0 saturated carbocycles. The van der Waals surface area contributed by atoms with Crippen molar-refractivity contribution in [3.63, 3.8) is 0 Å². The van der Waals surface area contributed by atoms with Crippen LogP contribution in [0, 0.1) is 6.08 Å². The molecule has 0 N–H and O–H groups in total. The van der Waals surface area contributed by atoms with Crippen molar-refractivity contribution >= 4 is 6.21 Å². The summed E-state index contributed by atoms with van der Waals surface area (Å²) in [6.45, 7) is 1.82. The molecule has 0 fully saturated rings. The van der Waals surface area contributed by atoms with E-state index in [0.29, 0.717) is 0 Å². The number of allylic oxidation sites excluding steroid dienone is 2. The minimum absolute atomic E-state index is 0. The van der Waals surface area contributed by atoms with E-state index in [0.717, 1.165) is 18.5 Å². The zero-order valence-electron chi connectivity index (χ0n) is 6.18. The molecule has 0 aromatic carbocycles. The van der Waals surface area contributed by atoms with Crippen LogP contribution in [-0.4, -0.2) is 6.21 Å². The Hall–Kier alpha value is 0.0983. The second-order valence-electron chi connectivity index (χ2n) is 2.17. The van der Waals surface area contributed by atoms with Crippen molar-refractivity contribution in [1.82, 2.24) is 0 Å². The van der Waals surface area contributed by atoms with Gasteiger partial charge in [0.05, 0.1) is 0 Å². The fourth-order valence-electron chi connectivity index (χ4n) is 0.969. The van der Waals surface area contributed by atoms with E-state index in [1.54, 1.807) is 0 Å². The van der Waals surface area contributed by atoms with Crippen LogP contribution in [0.2, 0.25) is 0 Å². The van der Waals surface area contributed by atoms with Gasteiger partial charge in [-0.05, 0) is 0 Å². The second-order valence-corrected chi connectivity index (χ2v) is 2.17. The molecule has 0 aromatic rings. The molecule has 1 nitrogen and oxygen atoms in total. The van der Waals surface area contributed by atoms with Gasteiger partial charge in [0, 0.05) is 0 Å². The standard InChI is InChI=1S/C8H11N.W/c1-2-9-8-6-4-3-5-7-8;/h3-6H2,1H3;/q-2;+2. The first-order chi connectivity index (χ1) is 4.43. The van der Waals surface area contributed by atoms with Gasteiger partial charge in [-0.1, -0.05) is 12.8 Å². The summed E-state index contributed by atoms with van der Waals surface area (Å²) in [5.74, 6) is 0. The van der Waals surface area contributed by atoms with Crippen molar-refractivity contribution in [2.24, 2.45) is 4.99 Å². The molecule has 0 bridgehead atoms. The Balaban J connectivity index is 0.000000810. The molecule has 1 aliphatic carbocycles. The molecule has 2 heteroatoms. The van der Waals surface area contributed by atoms with Crippen LogP contribution in [0.15, 0.2) is 10.7 Å². The topological polar surface area (TPSA) is 12.4 Å². The van der Waals surface area contributed by atoms with Crippen LogP contribution < -0.4 is 0 Å². The number of aliphatic imine (C=N–C) groups is 1. The molecule has 10 heavy (non-hydrogen) atoms. The summed E-state index contributed by atoms with van der Waals surface area (Å²) < 4.78 is 0. The van der Waals surface area contributed by atoms with E-state index < -0.39 is 0 Å². The van der Waals surface area contributed by atoms with Gasteiger partial charge >= 0.3 is 21.1 Å². The third-order valence-electron chi connectivity index (χ3n) is 1.42. The van der Waals surface area contributed by atoms with Crippen LogP contribution in [0.4, 0.5) is 0 Å². The minimum Gasteiger partial charge on any atom is -0.580 e. The van der Waals surface area contributed by atoms with E-state index in [4.69, 9.17) is 0 Å². The number of hydrogen-bond donors (Lipinski definition) is 0. The summed E-state index contributed by atoms with van der Waals surface area (Å²) in [6.07, 6.45) is 10.7. The predicted octanol–water partition coefficient (Wildman–Crippen LogP) is 2.21. The minimum atomic E-state index is 0. The largest absolute Gasteiger partial charge is 2.00 e. The molecule has 0 saturated heterocycles. The molecule has 0 unspecified atom stereocenters. The maximum Gasteiger partial charge on any atom is 2.00 e. The van der Waals surface area contributed by atoms with Crippen LogP contribution in [0.3, 0.4) is 0 Å². The molecule has 1 rings (SSSR count). The molecule has 1 aliphatic rings. The van der Waals surface area contributed by atoms with Crippen molar-refractivity contribution in [3.8, 4) is 0 Å². The SMILES string of the molecule is C[C-]=NC1=[C-]CCCC1.[W+2]. The van der Waals surface area contributed by atoms with Gasteiger partial charge in [0.15, 0.2) is 0 Å². The molecule has 0 atom stereocenters. The van der Waals surface area contributed by atoms with E-state index in [2.05, 4.69) is 17.3 Å². The third kappa shape index (κ3) is 3.31. The van der Waals surface area contributed by atoms with E-state index in [-0.39, 0.29) is 21.1 Å². The summed E-state index contributed by atoms with van der Waals surface area (Å²) in [5.41, 5.74) is 1.10. The van der Waals surface area contributed by atoms with Crippen molar-refractivity contribution in [1.29, 1.82) is 0 Å². The van der Waals surface area contributed by atoms with E-state index >= 15 is 0 Å². The molecule has 0 amide bonds. The first kappa shape index (κ1) is 10.1. The summed E-state index contributed by atoms with van der Waals surface area (Å²) in [7, 11) is 0. The quantitative estimate of drug-likeness (QED) is 0.520. The van der Waals surface area contributed by atoms with Gasteiger partial charge < -0.3 is 16.8 Å². The first-order valence-corrected chi connectivity index (χ1v) is 3.40. The Kier molecular flexibility index (Phi) is 5.91. The van der Waals surface area contributed by atoms with Gasteiger partial charge in [0.1, 0.15) is 0 Å².